The number of hydrogen-bond donors (Lipinski definition) is 1. The summed E-state index contributed by atoms with van der Waals surface area (Å²) in [5.74, 6) is -0.177. The van der Waals surface area contributed by atoms with Gasteiger partial charge in [0.05, 0.1) is 12.2 Å². The Kier molecular flexibility index (Phi) is 3.44. The lowest BCUT2D eigenvalue weighted by molar-refractivity contribution is 0.103. The number of aromatic hydroxyl groups is 1. The van der Waals surface area contributed by atoms with Crippen molar-refractivity contribution in [3.63, 3.8) is 0 Å². The molecule has 3 nitrogen and oxygen atoms in total. The molecule has 0 radical (unpaired) electrons. The third kappa shape index (κ3) is 2.79. The lowest BCUT2D eigenvalue weighted by Gasteiger charge is -2.05. The zero-order valence-corrected chi connectivity index (χ0v) is 11.2. The highest BCUT2D eigenvalue weighted by molar-refractivity contribution is 6.13. The highest BCUT2D eigenvalue weighted by Gasteiger charge is 2.21. The van der Waals surface area contributed by atoms with Crippen molar-refractivity contribution in [2.24, 2.45) is 0 Å². The molecule has 3 rings (SSSR count). The average molecular weight is 284 g/mol. The first kappa shape index (κ1) is 13.4. The van der Waals surface area contributed by atoms with Crippen molar-refractivity contribution in [1.29, 1.82) is 0 Å². The minimum absolute atomic E-state index is 0.133. The maximum absolute atomic E-state index is 13.3. The van der Waals surface area contributed by atoms with E-state index in [4.69, 9.17) is 4.74 Å². The summed E-state index contributed by atoms with van der Waals surface area (Å²) >= 11 is 0. The lowest BCUT2D eigenvalue weighted by Crippen LogP contribution is -2.02. The Bertz CT molecular complexity index is 735. The minimum atomic E-state index is -0.468. The van der Waals surface area contributed by atoms with Crippen molar-refractivity contribution in [2.75, 3.05) is 6.61 Å². The van der Waals surface area contributed by atoms with Crippen molar-refractivity contribution in [3.8, 4) is 11.5 Å². The molecule has 0 unspecified atom stereocenters. The molecule has 0 bridgehead atoms. The van der Waals surface area contributed by atoms with Crippen LogP contribution in [0.25, 0.3) is 6.08 Å². The molecule has 0 saturated carbocycles. The van der Waals surface area contributed by atoms with Gasteiger partial charge in [0.15, 0.2) is 5.78 Å². The van der Waals surface area contributed by atoms with Gasteiger partial charge in [-0.25, -0.2) is 4.39 Å². The summed E-state index contributed by atoms with van der Waals surface area (Å²) < 4.78 is 18.8. The second-order valence-corrected chi connectivity index (χ2v) is 4.83. The molecule has 4 heteroatoms. The van der Waals surface area contributed by atoms with E-state index in [0.29, 0.717) is 24.4 Å². The molecule has 1 aliphatic rings. The van der Waals surface area contributed by atoms with Crippen LogP contribution in [0.5, 0.6) is 11.5 Å². The molecule has 106 valence electrons. The number of rotatable bonds is 1. The molecule has 1 heterocycles. The first-order chi connectivity index (χ1) is 10.1. The van der Waals surface area contributed by atoms with E-state index in [-0.39, 0.29) is 17.1 Å². The summed E-state index contributed by atoms with van der Waals surface area (Å²) in [6.07, 6.45) is 2.14. The number of carbonyl (C=O) groups excluding carboxylic acids is 1. The lowest BCUT2D eigenvalue weighted by atomic mass is 9.99. The number of carbonyl (C=O) groups is 1. The van der Waals surface area contributed by atoms with Crippen LogP contribution < -0.4 is 4.74 Å². The second kappa shape index (κ2) is 5.40. The third-order valence-corrected chi connectivity index (χ3v) is 3.32. The Morgan fingerprint density at radius 2 is 2.05 bits per heavy atom. The predicted octanol–water partition coefficient (Wildman–Crippen LogP) is 3.58. The van der Waals surface area contributed by atoms with Gasteiger partial charge in [0.2, 0.25) is 0 Å². The third-order valence-electron chi connectivity index (χ3n) is 3.32. The van der Waals surface area contributed by atoms with E-state index < -0.39 is 5.82 Å². The van der Waals surface area contributed by atoms with Crippen molar-refractivity contribution < 1.29 is 19.0 Å². The Hall–Kier alpha value is -2.62. The van der Waals surface area contributed by atoms with Crippen LogP contribution >= 0.6 is 0 Å². The van der Waals surface area contributed by atoms with Crippen LogP contribution in [0.4, 0.5) is 4.39 Å². The Labute approximate surface area is 121 Å². The molecule has 0 aromatic heterocycles. The van der Waals surface area contributed by atoms with Gasteiger partial charge >= 0.3 is 0 Å². The van der Waals surface area contributed by atoms with E-state index in [2.05, 4.69) is 0 Å². The number of ether oxygens (including phenoxy) is 1. The summed E-state index contributed by atoms with van der Waals surface area (Å²) in [5, 5.41) is 9.47. The van der Waals surface area contributed by atoms with Gasteiger partial charge in [0.1, 0.15) is 17.3 Å². The van der Waals surface area contributed by atoms with E-state index in [9.17, 15) is 14.3 Å². The normalized spacial score (nSPS) is 16.2. The number of ketones is 1. The summed E-state index contributed by atoms with van der Waals surface area (Å²) in [4.78, 5) is 12.5. The predicted molar refractivity (Wildman–Crippen MR) is 76.9 cm³/mol. The number of Topliss-reactive ketones (excluding diaryl/α,β-unsaturated/α-hetero) is 1. The van der Waals surface area contributed by atoms with Gasteiger partial charge in [-0.3, -0.25) is 4.79 Å². The molecule has 0 aliphatic carbocycles. The number of phenols is 1. The summed E-state index contributed by atoms with van der Waals surface area (Å²) in [5.41, 5.74) is 1.49. The molecule has 0 spiro atoms. The maximum atomic E-state index is 13.3. The molecule has 0 atom stereocenters. The zero-order chi connectivity index (χ0) is 14.8. The van der Waals surface area contributed by atoms with Crippen LogP contribution in [0.15, 0.2) is 48.0 Å². The van der Waals surface area contributed by atoms with Crippen molar-refractivity contribution in [1.82, 2.24) is 0 Å². The molecule has 21 heavy (non-hydrogen) atoms. The summed E-state index contributed by atoms with van der Waals surface area (Å²) in [6, 6.07) is 10.6. The van der Waals surface area contributed by atoms with Crippen LogP contribution in [0.2, 0.25) is 0 Å². The monoisotopic (exact) mass is 284 g/mol. The molecular formula is C17H13FO3. The highest BCUT2D eigenvalue weighted by atomic mass is 19.1. The molecule has 0 saturated heterocycles. The van der Waals surface area contributed by atoms with E-state index in [1.165, 1.54) is 18.2 Å². The first-order valence-electron chi connectivity index (χ1n) is 6.60. The van der Waals surface area contributed by atoms with Gasteiger partial charge in [0.25, 0.3) is 0 Å². The molecule has 0 fully saturated rings. The van der Waals surface area contributed by atoms with Crippen LogP contribution in [0.3, 0.4) is 0 Å². The zero-order valence-electron chi connectivity index (χ0n) is 11.2. The van der Waals surface area contributed by atoms with Gasteiger partial charge in [-0.15, -0.1) is 0 Å². The van der Waals surface area contributed by atoms with Crippen LogP contribution in [0, 0.1) is 5.82 Å². The van der Waals surface area contributed by atoms with E-state index in [0.717, 1.165) is 5.56 Å². The van der Waals surface area contributed by atoms with E-state index in [1.807, 2.05) is 0 Å². The van der Waals surface area contributed by atoms with Gasteiger partial charge in [-0.05, 0) is 42.0 Å². The summed E-state index contributed by atoms with van der Waals surface area (Å²) in [7, 11) is 0. The van der Waals surface area contributed by atoms with Crippen molar-refractivity contribution in [2.45, 2.75) is 6.42 Å². The number of hydrogen-bond acceptors (Lipinski definition) is 3. The topological polar surface area (TPSA) is 46.5 Å². The van der Waals surface area contributed by atoms with Crippen LogP contribution in [-0.4, -0.2) is 17.5 Å². The Morgan fingerprint density at radius 1 is 1.19 bits per heavy atom. The summed E-state index contributed by atoms with van der Waals surface area (Å²) in [6.45, 7) is 0.356. The van der Waals surface area contributed by atoms with E-state index in [1.54, 1.807) is 30.3 Å². The van der Waals surface area contributed by atoms with Crippen LogP contribution in [-0.2, 0) is 0 Å². The molecule has 1 N–H and O–H groups in total. The standard InChI is InChI=1S/C17H13FO3/c18-13-4-5-16-15(10-13)17(20)12(6-7-21-16)8-11-2-1-3-14(19)9-11/h1-5,8-10,19H,6-7H2/b12-8-. The number of halogens is 1. The molecular weight excluding hydrogens is 271 g/mol. The average Bonchev–Trinajstić information content (AvgIpc) is 2.60. The maximum Gasteiger partial charge on any atom is 0.192 e. The second-order valence-electron chi connectivity index (χ2n) is 4.83. The van der Waals surface area contributed by atoms with Gasteiger partial charge < -0.3 is 9.84 Å². The van der Waals surface area contributed by atoms with Crippen LogP contribution in [0.1, 0.15) is 22.3 Å². The van der Waals surface area contributed by atoms with Crippen molar-refractivity contribution >= 4 is 11.9 Å². The van der Waals surface area contributed by atoms with Gasteiger partial charge in [-0.1, -0.05) is 12.1 Å². The first-order valence-corrected chi connectivity index (χ1v) is 6.60. The number of fused-ring (bicyclic) bond motifs is 1. The van der Waals surface area contributed by atoms with E-state index >= 15 is 0 Å². The smallest absolute Gasteiger partial charge is 0.192 e. The highest BCUT2D eigenvalue weighted by Crippen LogP contribution is 2.28. The SMILES string of the molecule is O=C1/C(=C\c2cccc(O)c2)CCOc2ccc(F)cc21. The van der Waals surface area contributed by atoms with Gasteiger partial charge in [-0.2, -0.15) is 0 Å². The number of benzene rings is 2. The minimum Gasteiger partial charge on any atom is -0.508 e. The quantitative estimate of drug-likeness (QED) is 0.814. The number of phenolic OH excluding ortho intramolecular Hbond substituents is 1. The molecule has 1 aliphatic heterocycles. The fraction of sp³-hybridized carbons (Fsp3) is 0.118. The Morgan fingerprint density at radius 3 is 2.86 bits per heavy atom. The molecule has 0 amide bonds. The molecule has 2 aromatic carbocycles. The fourth-order valence-corrected chi connectivity index (χ4v) is 2.32. The molecule has 2 aromatic rings. The largest absolute Gasteiger partial charge is 0.508 e. The Balaban J connectivity index is 2.02. The fourth-order valence-electron chi connectivity index (χ4n) is 2.32. The van der Waals surface area contributed by atoms with Crippen molar-refractivity contribution in [3.05, 3.63) is 65.0 Å². The van der Waals surface area contributed by atoms with Gasteiger partial charge in [0, 0.05) is 12.0 Å².